The smallest absolute Gasteiger partial charge is 0.338 e. The van der Waals surface area contributed by atoms with E-state index in [9.17, 15) is 9.59 Å². The largest absolute Gasteiger partial charge is 0.490 e. The van der Waals surface area contributed by atoms with Crippen molar-refractivity contribution in [3.63, 3.8) is 0 Å². The maximum atomic E-state index is 14.3. The lowest BCUT2D eigenvalue weighted by atomic mass is 9.93. The molecule has 1 atom stereocenters. The van der Waals surface area contributed by atoms with Crippen molar-refractivity contribution in [1.29, 1.82) is 0 Å². The van der Waals surface area contributed by atoms with E-state index >= 15 is 0 Å². The zero-order chi connectivity index (χ0) is 33.1. The number of fused-ring (bicyclic) bond motifs is 1. The van der Waals surface area contributed by atoms with Crippen LogP contribution in [-0.4, -0.2) is 30.4 Å². The van der Waals surface area contributed by atoms with E-state index in [1.807, 2.05) is 50.2 Å². The number of rotatable bonds is 10. The van der Waals surface area contributed by atoms with Gasteiger partial charge in [-0.05, 0) is 62.7 Å². The van der Waals surface area contributed by atoms with Crippen molar-refractivity contribution in [2.24, 2.45) is 4.99 Å². The van der Waals surface area contributed by atoms with Crippen LogP contribution in [0.1, 0.15) is 43.7 Å². The van der Waals surface area contributed by atoms with Crippen LogP contribution >= 0.6 is 34.5 Å². The summed E-state index contributed by atoms with van der Waals surface area (Å²) in [5.74, 6) is 1.42. The highest BCUT2D eigenvalue weighted by Crippen LogP contribution is 2.39. The molecule has 0 N–H and O–H groups in total. The first-order chi connectivity index (χ1) is 22.8. The van der Waals surface area contributed by atoms with E-state index in [1.54, 1.807) is 55.5 Å². The maximum absolute atomic E-state index is 14.3. The minimum Gasteiger partial charge on any atom is -0.490 e. The first kappa shape index (κ1) is 32.4. The number of ether oxygens (including phenoxy) is 3. The molecule has 0 aliphatic carbocycles. The molecule has 5 aromatic rings. The lowest BCUT2D eigenvalue weighted by molar-refractivity contribution is -0.138. The first-order valence-corrected chi connectivity index (χ1v) is 16.6. The minimum absolute atomic E-state index is 0.145. The van der Waals surface area contributed by atoms with Crippen LogP contribution in [-0.2, 0) is 9.53 Å². The Morgan fingerprint density at radius 1 is 0.936 bits per heavy atom. The van der Waals surface area contributed by atoms with Crippen molar-refractivity contribution >= 4 is 52.3 Å². The van der Waals surface area contributed by atoms with E-state index < -0.39 is 12.0 Å². The lowest BCUT2D eigenvalue weighted by Gasteiger charge is -2.26. The van der Waals surface area contributed by atoms with Gasteiger partial charge in [0.05, 0.1) is 51.7 Å². The van der Waals surface area contributed by atoms with E-state index in [-0.39, 0.29) is 17.7 Å². The van der Waals surface area contributed by atoms with Crippen molar-refractivity contribution in [3.8, 4) is 22.8 Å². The highest BCUT2D eigenvalue weighted by Gasteiger charge is 2.35. The summed E-state index contributed by atoms with van der Waals surface area (Å²) in [6.07, 6.45) is 1.66. The number of esters is 1. The van der Waals surface area contributed by atoms with E-state index in [2.05, 4.69) is 0 Å². The van der Waals surface area contributed by atoms with Gasteiger partial charge in [-0.2, -0.15) is 0 Å². The van der Waals surface area contributed by atoms with Crippen LogP contribution in [0.4, 0.5) is 0 Å². The standard InChI is InChI=1S/C36H30Cl2N2O6S/c1-4-43-27-17-15-22(19-28(27)44-5-2)33-30(35(42)45-6-3)32(21-11-8-7-9-12-21)39-36-40(33)34(41)29(47-36)20-23-16-18-26(46-23)24-13-10-14-25(37)31(24)38/h7-20,33H,4-6H2,1-3H3/b29-20-/t33-/m1/s1. The van der Waals surface area contributed by atoms with Crippen LogP contribution in [0, 0.1) is 0 Å². The second-order valence-corrected chi connectivity index (χ2v) is 12.1. The highest BCUT2D eigenvalue weighted by atomic mass is 35.5. The van der Waals surface area contributed by atoms with Gasteiger partial charge < -0.3 is 18.6 Å². The van der Waals surface area contributed by atoms with Crippen LogP contribution in [0.2, 0.25) is 10.0 Å². The Morgan fingerprint density at radius 2 is 1.70 bits per heavy atom. The summed E-state index contributed by atoms with van der Waals surface area (Å²) in [4.78, 5) is 33.4. The van der Waals surface area contributed by atoms with Crippen LogP contribution in [0.15, 0.2) is 98.6 Å². The molecule has 0 saturated carbocycles. The van der Waals surface area contributed by atoms with Crippen molar-refractivity contribution in [1.82, 2.24) is 4.57 Å². The van der Waals surface area contributed by atoms with Gasteiger partial charge in [-0.3, -0.25) is 9.36 Å². The Balaban J connectivity index is 1.58. The summed E-state index contributed by atoms with van der Waals surface area (Å²) in [7, 11) is 0. The molecular weight excluding hydrogens is 659 g/mol. The van der Waals surface area contributed by atoms with E-state index in [0.717, 1.165) is 0 Å². The molecule has 6 rings (SSSR count). The normalized spacial score (nSPS) is 14.5. The zero-order valence-corrected chi connectivity index (χ0v) is 28.1. The van der Waals surface area contributed by atoms with Gasteiger partial charge >= 0.3 is 5.97 Å². The van der Waals surface area contributed by atoms with Gasteiger partial charge in [-0.1, -0.05) is 77.0 Å². The Hall–Kier alpha value is -4.57. The van der Waals surface area contributed by atoms with Gasteiger partial charge in [0, 0.05) is 17.2 Å². The number of carbonyl (C=O) groups is 1. The van der Waals surface area contributed by atoms with Crippen molar-refractivity contribution < 1.29 is 23.4 Å². The topological polar surface area (TPSA) is 92.3 Å². The van der Waals surface area contributed by atoms with Gasteiger partial charge in [-0.15, -0.1) is 0 Å². The number of nitrogens with zero attached hydrogens (tertiary/aromatic N) is 2. The van der Waals surface area contributed by atoms with Gasteiger partial charge in [-0.25, -0.2) is 9.79 Å². The molecule has 240 valence electrons. The average molecular weight is 690 g/mol. The molecule has 3 heterocycles. The number of carbonyl (C=O) groups excluding carboxylic acids is 1. The fourth-order valence-corrected chi connectivity index (χ4v) is 6.77. The molecule has 0 fully saturated rings. The second kappa shape index (κ2) is 14.0. The van der Waals surface area contributed by atoms with E-state index in [4.69, 9.17) is 46.8 Å². The molecule has 1 aliphatic heterocycles. The Kier molecular flexibility index (Phi) is 9.68. The second-order valence-electron chi connectivity index (χ2n) is 10.3. The van der Waals surface area contributed by atoms with Crippen LogP contribution < -0.4 is 24.4 Å². The van der Waals surface area contributed by atoms with Gasteiger partial charge in [0.15, 0.2) is 16.3 Å². The summed E-state index contributed by atoms with van der Waals surface area (Å²) in [5, 5.41) is 0.778. The fourth-order valence-electron chi connectivity index (χ4n) is 5.39. The average Bonchev–Trinajstić information content (AvgIpc) is 3.67. The number of halogens is 2. The summed E-state index contributed by atoms with van der Waals surface area (Å²) in [5.41, 5.74) is 2.28. The van der Waals surface area contributed by atoms with Crippen molar-refractivity contribution in [2.45, 2.75) is 26.8 Å². The monoisotopic (exact) mass is 688 g/mol. The summed E-state index contributed by atoms with van der Waals surface area (Å²) >= 11 is 13.8. The quantitative estimate of drug-likeness (QED) is 0.143. The Morgan fingerprint density at radius 3 is 2.45 bits per heavy atom. The minimum atomic E-state index is -0.880. The molecule has 11 heteroatoms. The molecule has 0 radical (unpaired) electrons. The molecule has 3 aromatic carbocycles. The van der Waals surface area contributed by atoms with E-state index in [0.29, 0.717) is 78.0 Å². The van der Waals surface area contributed by atoms with Gasteiger partial charge in [0.2, 0.25) is 0 Å². The van der Waals surface area contributed by atoms with Crippen molar-refractivity contribution in [3.05, 3.63) is 131 Å². The highest BCUT2D eigenvalue weighted by molar-refractivity contribution is 7.07. The van der Waals surface area contributed by atoms with E-state index in [1.165, 1.54) is 15.9 Å². The third kappa shape index (κ3) is 6.39. The summed E-state index contributed by atoms with van der Waals surface area (Å²) < 4.78 is 25.3. The zero-order valence-electron chi connectivity index (χ0n) is 25.8. The maximum Gasteiger partial charge on any atom is 0.338 e. The molecule has 0 bridgehead atoms. The molecule has 0 spiro atoms. The SMILES string of the molecule is CCOC(=O)C1=C(c2ccccc2)N=c2s/c(=C\c3ccc(-c4cccc(Cl)c4Cl)o3)c(=O)n2[C@@H]1c1ccc(OCC)c(OCC)c1. The number of benzene rings is 3. The fraction of sp³-hybridized carbons (Fsp3) is 0.194. The summed E-state index contributed by atoms with van der Waals surface area (Å²) in [6.45, 7) is 6.49. The number of hydrogen-bond donors (Lipinski definition) is 0. The molecule has 2 aromatic heterocycles. The first-order valence-electron chi connectivity index (χ1n) is 15.1. The predicted octanol–water partition coefficient (Wildman–Crippen LogP) is 7.30. The lowest BCUT2D eigenvalue weighted by Crippen LogP contribution is -2.40. The Bertz CT molecular complexity index is 2170. The molecule has 0 unspecified atom stereocenters. The molecule has 0 amide bonds. The number of hydrogen-bond acceptors (Lipinski definition) is 8. The molecule has 0 saturated heterocycles. The molecule has 47 heavy (non-hydrogen) atoms. The van der Waals surface area contributed by atoms with Gasteiger partial charge in [0.1, 0.15) is 11.5 Å². The van der Waals surface area contributed by atoms with Crippen LogP contribution in [0.25, 0.3) is 23.1 Å². The third-order valence-electron chi connectivity index (χ3n) is 7.37. The Labute approximate surface area is 284 Å². The van der Waals surface area contributed by atoms with Crippen LogP contribution in [0.3, 0.4) is 0 Å². The van der Waals surface area contributed by atoms with Gasteiger partial charge in [0.25, 0.3) is 5.56 Å². The van der Waals surface area contributed by atoms with Crippen LogP contribution in [0.5, 0.6) is 11.5 Å². The third-order valence-corrected chi connectivity index (χ3v) is 9.18. The van der Waals surface area contributed by atoms with Crippen molar-refractivity contribution in [2.75, 3.05) is 19.8 Å². The molecular formula is C36H30Cl2N2O6S. The number of furan rings is 1. The number of aromatic nitrogens is 1. The summed E-state index contributed by atoms with van der Waals surface area (Å²) in [6, 6.07) is 22.7. The predicted molar refractivity (Wildman–Crippen MR) is 184 cm³/mol. The molecule has 8 nitrogen and oxygen atoms in total. The number of thiazole rings is 1. The molecule has 1 aliphatic rings.